The maximum absolute atomic E-state index is 12.5. The van der Waals surface area contributed by atoms with Gasteiger partial charge in [-0.2, -0.15) is 11.3 Å². The Bertz CT molecular complexity index is 922. The van der Waals surface area contributed by atoms with Crippen molar-refractivity contribution in [2.24, 2.45) is 0 Å². The summed E-state index contributed by atoms with van der Waals surface area (Å²) in [6.45, 7) is 5.28. The van der Waals surface area contributed by atoms with E-state index in [0.717, 1.165) is 17.0 Å². The Labute approximate surface area is 155 Å². The van der Waals surface area contributed by atoms with Gasteiger partial charge in [-0.05, 0) is 55.6 Å². The first kappa shape index (κ1) is 18.1. The molecule has 3 heterocycles. The summed E-state index contributed by atoms with van der Waals surface area (Å²) >= 11 is 1.59. The number of hydrogen-bond donors (Lipinski definition) is 0. The quantitative estimate of drug-likeness (QED) is 0.466. The number of thiophene rings is 1. The van der Waals surface area contributed by atoms with Gasteiger partial charge in [-0.25, -0.2) is 0 Å². The van der Waals surface area contributed by atoms with E-state index in [4.69, 9.17) is 9.26 Å². The van der Waals surface area contributed by atoms with E-state index in [2.05, 4.69) is 5.16 Å². The van der Waals surface area contributed by atoms with E-state index in [-0.39, 0.29) is 24.8 Å². The zero-order chi connectivity index (χ0) is 18.7. The summed E-state index contributed by atoms with van der Waals surface area (Å²) in [5.41, 5.74) is 3.23. The fraction of sp³-hybridized carbons (Fsp3) is 0.316. The fourth-order valence-electron chi connectivity index (χ4n) is 2.83. The van der Waals surface area contributed by atoms with Crippen LogP contribution in [-0.2, 0) is 16.0 Å². The number of ketones is 1. The van der Waals surface area contributed by atoms with Gasteiger partial charge < -0.3 is 9.26 Å². The van der Waals surface area contributed by atoms with Crippen molar-refractivity contribution >= 4 is 23.1 Å². The van der Waals surface area contributed by atoms with Gasteiger partial charge in [0.1, 0.15) is 5.76 Å². The van der Waals surface area contributed by atoms with Crippen molar-refractivity contribution in [1.29, 1.82) is 0 Å². The Hall–Kier alpha value is -2.67. The lowest BCUT2D eigenvalue weighted by Gasteiger charge is -2.06. The van der Waals surface area contributed by atoms with E-state index < -0.39 is 0 Å². The maximum atomic E-state index is 12.5. The number of Topliss-reactive ketones (excluding diaryl/α,β-unsaturated/α-hetero) is 1. The number of carbonyl (C=O) groups is 2. The second-order valence-electron chi connectivity index (χ2n) is 6.13. The smallest absolute Gasteiger partial charge is 0.306 e. The average molecular weight is 372 g/mol. The molecule has 0 aliphatic rings. The molecule has 26 heavy (non-hydrogen) atoms. The second kappa shape index (κ2) is 7.70. The van der Waals surface area contributed by atoms with Gasteiger partial charge in [0.15, 0.2) is 12.4 Å². The Morgan fingerprint density at radius 1 is 1.27 bits per heavy atom. The van der Waals surface area contributed by atoms with Gasteiger partial charge in [-0.15, -0.1) is 0 Å². The van der Waals surface area contributed by atoms with E-state index in [9.17, 15) is 9.59 Å². The van der Waals surface area contributed by atoms with E-state index in [0.29, 0.717) is 23.6 Å². The maximum Gasteiger partial charge on any atom is 0.306 e. The number of nitrogens with zero attached hydrogens (tertiary/aromatic N) is 2. The number of ether oxygens (including phenoxy) is 1. The number of rotatable bonds is 7. The molecule has 136 valence electrons. The molecule has 3 aromatic rings. The first-order chi connectivity index (χ1) is 12.5. The second-order valence-corrected chi connectivity index (χ2v) is 6.91. The summed E-state index contributed by atoms with van der Waals surface area (Å²) in [4.78, 5) is 24.3. The molecule has 7 heteroatoms. The van der Waals surface area contributed by atoms with Gasteiger partial charge in [-0.3, -0.25) is 14.2 Å². The van der Waals surface area contributed by atoms with Crippen molar-refractivity contribution in [1.82, 2.24) is 9.72 Å². The predicted octanol–water partition coefficient (Wildman–Crippen LogP) is 3.81. The normalized spacial score (nSPS) is 10.9. The van der Waals surface area contributed by atoms with E-state index in [1.54, 1.807) is 23.5 Å². The molecule has 0 bridgehead atoms. The molecule has 0 fully saturated rings. The molecular formula is C19H20N2O4S. The van der Waals surface area contributed by atoms with Crippen molar-refractivity contribution in [2.75, 3.05) is 6.61 Å². The molecule has 0 radical (unpaired) electrons. The van der Waals surface area contributed by atoms with Crippen molar-refractivity contribution < 1.29 is 18.8 Å². The van der Waals surface area contributed by atoms with Gasteiger partial charge in [0.25, 0.3) is 0 Å². The SMILES string of the molecule is Cc1cc(-n2c(C)cc(C(=O)COC(=O)CCc3ccsc3)c2C)no1. The van der Waals surface area contributed by atoms with Crippen LogP contribution in [0.3, 0.4) is 0 Å². The summed E-state index contributed by atoms with van der Waals surface area (Å²) in [6.07, 6.45) is 0.887. The minimum atomic E-state index is -0.370. The monoisotopic (exact) mass is 372 g/mol. The zero-order valence-corrected chi connectivity index (χ0v) is 15.8. The summed E-state index contributed by atoms with van der Waals surface area (Å²) in [5, 5.41) is 7.96. The molecule has 0 aliphatic heterocycles. The molecule has 0 spiro atoms. The van der Waals surface area contributed by atoms with Crippen molar-refractivity contribution in [3.63, 3.8) is 0 Å². The lowest BCUT2D eigenvalue weighted by Crippen LogP contribution is -2.15. The summed E-state index contributed by atoms with van der Waals surface area (Å²) in [6, 6.07) is 5.56. The highest BCUT2D eigenvalue weighted by molar-refractivity contribution is 7.07. The van der Waals surface area contributed by atoms with Gasteiger partial charge >= 0.3 is 5.97 Å². The van der Waals surface area contributed by atoms with Gasteiger partial charge in [0, 0.05) is 29.4 Å². The van der Waals surface area contributed by atoms with Gasteiger partial charge in [0.05, 0.1) is 0 Å². The highest BCUT2D eigenvalue weighted by atomic mass is 32.1. The topological polar surface area (TPSA) is 74.3 Å². The van der Waals surface area contributed by atoms with Crippen LogP contribution < -0.4 is 0 Å². The highest BCUT2D eigenvalue weighted by Crippen LogP contribution is 2.21. The lowest BCUT2D eigenvalue weighted by molar-refractivity contribution is -0.142. The van der Waals surface area contributed by atoms with Crippen LogP contribution in [0.25, 0.3) is 5.82 Å². The minimum Gasteiger partial charge on any atom is -0.457 e. The third kappa shape index (κ3) is 3.94. The van der Waals surface area contributed by atoms with E-state index >= 15 is 0 Å². The largest absolute Gasteiger partial charge is 0.457 e. The van der Waals surface area contributed by atoms with Crippen molar-refractivity contribution in [3.8, 4) is 5.82 Å². The van der Waals surface area contributed by atoms with E-state index in [1.807, 2.05) is 42.2 Å². The molecule has 0 atom stereocenters. The zero-order valence-electron chi connectivity index (χ0n) is 14.9. The Morgan fingerprint density at radius 3 is 2.73 bits per heavy atom. The predicted molar refractivity (Wildman–Crippen MR) is 98.0 cm³/mol. The standard InChI is InChI=1S/C19H20N2O4S/c1-12-8-16(14(3)21(12)18-9-13(2)25-20-18)17(22)10-24-19(23)5-4-15-6-7-26-11-15/h6-9,11H,4-5,10H2,1-3H3. The molecule has 0 aromatic carbocycles. The molecule has 0 saturated carbocycles. The first-order valence-electron chi connectivity index (χ1n) is 8.28. The van der Waals surface area contributed by atoms with Crippen LogP contribution in [0.4, 0.5) is 0 Å². The first-order valence-corrected chi connectivity index (χ1v) is 9.22. The minimum absolute atomic E-state index is 0.228. The van der Waals surface area contributed by atoms with E-state index in [1.165, 1.54) is 0 Å². The van der Waals surface area contributed by atoms with Crippen LogP contribution in [0.5, 0.6) is 0 Å². The summed E-state index contributed by atoms with van der Waals surface area (Å²) < 4.78 is 12.1. The van der Waals surface area contributed by atoms with Crippen molar-refractivity contribution in [3.05, 3.63) is 57.2 Å². The Kier molecular flexibility index (Phi) is 5.37. The third-order valence-electron chi connectivity index (χ3n) is 4.14. The third-order valence-corrected chi connectivity index (χ3v) is 4.87. The van der Waals surface area contributed by atoms with Crippen LogP contribution >= 0.6 is 11.3 Å². The lowest BCUT2D eigenvalue weighted by atomic mass is 10.1. The molecule has 0 saturated heterocycles. The van der Waals surface area contributed by atoms with Crippen LogP contribution in [0, 0.1) is 20.8 Å². The number of aromatic nitrogens is 2. The number of carbonyl (C=O) groups excluding carboxylic acids is 2. The van der Waals surface area contributed by atoms with Crippen LogP contribution in [0.15, 0.2) is 33.5 Å². The fourth-order valence-corrected chi connectivity index (χ4v) is 3.54. The molecule has 0 aliphatic carbocycles. The average Bonchev–Trinajstić information content (AvgIpc) is 3.32. The van der Waals surface area contributed by atoms with Crippen LogP contribution in [-0.4, -0.2) is 28.1 Å². The number of esters is 1. The molecular weight excluding hydrogens is 352 g/mol. The summed E-state index contributed by atoms with van der Waals surface area (Å²) in [7, 11) is 0. The Balaban J connectivity index is 1.62. The number of hydrogen-bond acceptors (Lipinski definition) is 6. The molecule has 3 rings (SSSR count). The van der Waals surface area contributed by atoms with Gasteiger partial charge in [-0.1, -0.05) is 5.16 Å². The van der Waals surface area contributed by atoms with Crippen LogP contribution in [0.2, 0.25) is 0 Å². The molecule has 0 unspecified atom stereocenters. The Morgan fingerprint density at radius 2 is 2.08 bits per heavy atom. The summed E-state index contributed by atoms with van der Waals surface area (Å²) in [5.74, 6) is 0.725. The molecule has 0 N–H and O–H groups in total. The molecule has 3 aromatic heterocycles. The molecule has 6 nitrogen and oxygen atoms in total. The number of aryl methyl sites for hydroxylation is 3. The highest BCUT2D eigenvalue weighted by Gasteiger charge is 2.19. The van der Waals surface area contributed by atoms with Crippen molar-refractivity contribution in [2.45, 2.75) is 33.6 Å². The van der Waals surface area contributed by atoms with Crippen LogP contribution in [0.1, 0.15) is 39.5 Å². The van der Waals surface area contributed by atoms with Gasteiger partial charge in [0.2, 0.25) is 5.78 Å². The molecule has 0 amide bonds.